The van der Waals surface area contributed by atoms with Gasteiger partial charge in [-0.3, -0.25) is 9.98 Å². The van der Waals surface area contributed by atoms with Gasteiger partial charge in [-0.25, -0.2) is 0 Å². The molecule has 1 aromatic heterocycles. The summed E-state index contributed by atoms with van der Waals surface area (Å²) in [6.45, 7) is 1.84. The van der Waals surface area contributed by atoms with Gasteiger partial charge in [-0.1, -0.05) is 0 Å². The predicted octanol–water partition coefficient (Wildman–Crippen LogP) is 0.404. The Balaban J connectivity index is 2.34. The van der Waals surface area contributed by atoms with E-state index in [1.165, 1.54) is 0 Å². The number of nitrogens with zero attached hydrogens (tertiary/aromatic N) is 2. The highest BCUT2D eigenvalue weighted by atomic mass is 15.0. The van der Waals surface area contributed by atoms with Crippen LogP contribution in [0.4, 0.5) is 5.69 Å². The Labute approximate surface area is 76.9 Å². The molecule has 3 N–H and O–H groups in total. The number of nitrogens with one attached hydrogen (secondary N) is 1. The van der Waals surface area contributed by atoms with Gasteiger partial charge in [-0.15, -0.1) is 0 Å². The lowest BCUT2D eigenvalue weighted by molar-refractivity contribution is 0.742. The van der Waals surface area contributed by atoms with Crippen molar-refractivity contribution in [1.29, 1.82) is 0 Å². The second-order valence-electron chi connectivity index (χ2n) is 2.97. The summed E-state index contributed by atoms with van der Waals surface area (Å²) >= 11 is 0. The Bertz CT molecular complexity index is 332. The molecule has 0 aliphatic carbocycles. The predicted molar refractivity (Wildman–Crippen MR) is 52.7 cm³/mol. The zero-order valence-corrected chi connectivity index (χ0v) is 7.33. The lowest BCUT2D eigenvalue weighted by atomic mass is 10.2. The van der Waals surface area contributed by atoms with Crippen LogP contribution in [0.1, 0.15) is 12.0 Å². The van der Waals surface area contributed by atoms with Crippen LogP contribution in [-0.4, -0.2) is 23.9 Å². The van der Waals surface area contributed by atoms with E-state index in [0.717, 1.165) is 36.6 Å². The molecule has 0 radical (unpaired) electrons. The third-order valence-electron chi connectivity index (χ3n) is 2.01. The van der Waals surface area contributed by atoms with Gasteiger partial charge in [0, 0.05) is 31.2 Å². The molecule has 0 spiro atoms. The van der Waals surface area contributed by atoms with Crippen molar-refractivity contribution in [3.05, 3.63) is 24.0 Å². The van der Waals surface area contributed by atoms with Crippen molar-refractivity contribution in [3.63, 3.8) is 0 Å². The monoisotopic (exact) mass is 176 g/mol. The van der Waals surface area contributed by atoms with Crippen LogP contribution >= 0.6 is 0 Å². The Morgan fingerprint density at radius 3 is 3.08 bits per heavy atom. The van der Waals surface area contributed by atoms with Crippen LogP contribution in [0.25, 0.3) is 0 Å². The van der Waals surface area contributed by atoms with Crippen LogP contribution < -0.4 is 11.1 Å². The Kier molecular flexibility index (Phi) is 2.12. The van der Waals surface area contributed by atoms with Gasteiger partial charge in [0.15, 0.2) is 0 Å². The average Bonchev–Trinajstić information content (AvgIpc) is 2.20. The topological polar surface area (TPSA) is 63.3 Å². The van der Waals surface area contributed by atoms with Crippen LogP contribution in [0, 0.1) is 0 Å². The highest BCUT2D eigenvalue weighted by Gasteiger charge is 2.09. The van der Waals surface area contributed by atoms with Crippen molar-refractivity contribution in [2.75, 3.05) is 18.8 Å². The van der Waals surface area contributed by atoms with Gasteiger partial charge in [0.1, 0.15) is 5.84 Å². The number of hydrogen-bond acceptors (Lipinski definition) is 4. The van der Waals surface area contributed by atoms with E-state index in [2.05, 4.69) is 15.3 Å². The minimum atomic E-state index is 0.725. The van der Waals surface area contributed by atoms with Gasteiger partial charge >= 0.3 is 0 Å². The molecule has 68 valence electrons. The second kappa shape index (κ2) is 3.43. The molecule has 0 amide bonds. The molecule has 0 atom stereocenters. The normalized spacial score (nSPS) is 16.2. The first-order chi connectivity index (χ1) is 6.38. The Morgan fingerprint density at radius 1 is 1.46 bits per heavy atom. The van der Waals surface area contributed by atoms with E-state index >= 15 is 0 Å². The molecule has 1 aromatic rings. The van der Waals surface area contributed by atoms with Crippen molar-refractivity contribution in [2.24, 2.45) is 4.99 Å². The largest absolute Gasteiger partial charge is 0.398 e. The zero-order chi connectivity index (χ0) is 9.10. The maximum absolute atomic E-state index is 5.79. The maximum Gasteiger partial charge on any atom is 0.131 e. The van der Waals surface area contributed by atoms with Crippen molar-refractivity contribution in [2.45, 2.75) is 6.42 Å². The van der Waals surface area contributed by atoms with E-state index < -0.39 is 0 Å². The Hall–Kier alpha value is -1.58. The molecule has 1 aliphatic rings. The smallest absolute Gasteiger partial charge is 0.131 e. The molecule has 2 heterocycles. The number of aromatic nitrogens is 1. The van der Waals surface area contributed by atoms with Crippen LogP contribution in [0.15, 0.2) is 23.5 Å². The first-order valence-corrected chi connectivity index (χ1v) is 4.36. The molecule has 0 unspecified atom stereocenters. The number of nitrogen functional groups attached to an aromatic ring is 1. The molecule has 4 nitrogen and oxygen atoms in total. The third-order valence-corrected chi connectivity index (χ3v) is 2.01. The number of anilines is 1. The average molecular weight is 176 g/mol. The molecular weight excluding hydrogens is 164 g/mol. The van der Waals surface area contributed by atoms with E-state index in [0.29, 0.717) is 0 Å². The number of aliphatic imine (C=N–C) groups is 1. The fourth-order valence-corrected chi connectivity index (χ4v) is 1.32. The van der Waals surface area contributed by atoms with Gasteiger partial charge in [0.25, 0.3) is 0 Å². The molecular formula is C9H12N4. The summed E-state index contributed by atoms with van der Waals surface area (Å²) in [5, 5.41) is 3.21. The lowest BCUT2D eigenvalue weighted by Gasteiger charge is -2.15. The van der Waals surface area contributed by atoms with Gasteiger partial charge in [-0.2, -0.15) is 0 Å². The number of hydrogen-bond donors (Lipinski definition) is 2. The van der Waals surface area contributed by atoms with Crippen LogP contribution in [0.5, 0.6) is 0 Å². The maximum atomic E-state index is 5.79. The summed E-state index contributed by atoms with van der Waals surface area (Å²) in [4.78, 5) is 8.37. The highest BCUT2D eigenvalue weighted by Crippen LogP contribution is 2.10. The van der Waals surface area contributed by atoms with E-state index in [9.17, 15) is 0 Å². The summed E-state index contributed by atoms with van der Waals surface area (Å²) in [6.07, 6.45) is 4.51. The first-order valence-electron chi connectivity index (χ1n) is 4.36. The van der Waals surface area contributed by atoms with E-state index in [4.69, 9.17) is 5.73 Å². The first kappa shape index (κ1) is 8.04. The number of nitrogens with two attached hydrogens (primary N) is 1. The van der Waals surface area contributed by atoms with Gasteiger partial charge in [-0.05, 0) is 12.5 Å². The summed E-state index contributed by atoms with van der Waals surface area (Å²) in [5.41, 5.74) is 7.42. The SMILES string of the molecule is Nc1ccncc1C1=NCCCN1. The molecule has 0 aromatic carbocycles. The summed E-state index contributed by atoms with van der Waals surface area (Å²) in [6, 6.07) is 1.79. The molecule has 13 heavy (non-hydrogen) atoms. The van der Waals surface area contributed by atoms with Gasteiger partial charge in [0.05, 0.1) is 5.56 Å². The van der Waals surface area contributed by atoms with Crippen molar-refractivity contribution >= 4 is 11.5 Å². The van der Waals surface area contributed by atoms with Gasteiger partial charge < -0.3 is 11.1 Å². The van der Waals surface area contributed by atoms with Crippen LogP contribution in [0.2, 0.25) is 0 Å². The number of rotatable bonds is 1. The summed E-state index contributed by atoms with van der Waals surface area (Å²) in [7, 11) is 0. The Morgan fingerprint density at radius 2 is 2.38 bits per heavy atom. The van der Waals surface area contributed by atoms with E-state index in [-0.39, 0.29) is 0 Å². The number of pyridine rings is 1. The molecule has 4 heteroatoms. The van der Waals surface area contributed by atoms with E-state index in [1.54, 1.807) is 18.5 Å². The fraction of sp³-hybridized carbons (Fsp3) is 0.333. The molecule has 2 rings (SSSR count). The molecule has 0 saturated carbocycles. The second-order valence-corrected chi connectivity index (χ2v) is 2.97. The fourth-order valence-electron chi connectivity index (χ4n) is 1.32. The molecule has 0 fully saturated rings. The molecule has 0 saturated heterocycles. The highest BCUT2D eigenvalue weighted by molar-refractivity contribution is 6.02. The molecule has 1 aliphatic heterocycles. The summed E-state index contributed by atoms with van der Waals surface area (Å²) < 4.78 is 0. The van der Waals surface area contributed by atoms with Crippen molar-refractivity contribution in [1.82, 2.24) is 10.3 Å². The van der Waals surface area contributed by atoms with Crippen LogP contribution in [-0.2, 0) is 0 Å². The molecule has 0 bridgehead atoms. The minimum Gasteiger partial charge on any atom is -0.398 e. The number of amidine groups is 1. The van der Waals surface area contributed by atoms with Crippen molar-refractivity contribution in [3.8, 4) is 0 Å². The quantitative estimate of drug-likeness (QED) is 0.651. The van der Waals surface area contributed by atoms with Crippen LogP contribution in [0.3, 0.4) is 0 Å². The third kappa shape index (κ3) is 1.61. The zero-order valence-electron chi connectivity index (χ0n) is 7.33. The lowest BCUT2D eigenvalue weighted by Crippen LogP contribution is -2.30. The summed E-state index contributed by atoms with van der Waals surface area (Å²) in [5.74, 6) is 0.872. The van der Waals surface area contributed by atoms with E-state index in [1.807, 2.05) is 0 Å². The minimum absolute atomic E-state index is 0.725. The van der Waals surface area contributed by atoms with Gasteiger partial charge in [0.2, 0.25) is 0 Å². The van der Waals surface area contributed by atoms with Crippen molar-refractivity contribution < 1.29 is 0 Å². The standard InChI is InChI=1S/C9H12N4/c10-8-2-5-11-6-7(8)9-12-3-1-4-13-9/h2,5-6H,1,3-4H2,(H2,10,11)(H,12,13).